The van der Waals surface area contributed by atoms with Crippen molar-refractivity contribution in [2.45, 2.75) is 44.2 Å². The third-order valence-electron chi connectivity index (χ3n) is 2.37. The molecule has 0 aliphatic carbocycles. The van der Waals surface area contributed by atoms with E-state index < -0.39 is 11.0 Å². The standard InChI is InChI=1S/C9H17BrF3N/c1-4-7(3)14(5-2)6-8(10)9(11,12)13/h7-8H,4-6H2,1-3H3. The SMILES string of the molecule is CCC(C)N(CC)CC(Br)C(F)(F)F. The molecule has 14 heavy (non-hydrogen) atoms. The van der Waals surface area contributed by atoms with E-state index in [-0.39, 0.29) is 12.6 Å². The van der Waals surface area contributed by atoms with Crippen LogP contribution in [0.25, 0.3) is 0 Å². The lowest BCUT2D eigenvalue weighted by Gasteiger charge is -2.29. The quantitative estimate of drug-likeness (QED) is 0.695. The first-order valence-electron chi connectivity index (χ1n) is 4.77. The molecule has 1 nitrogen and oxygen atoms in total. The van der Waals surface area contributed by atoms with Crippen LogP contribution in [0.2, 0.25) is 0 Å². The summed E-state index contributed by atoms with van der Waals surface area (Å²) in [6.45, 7) is 6.47. The van der Waals surface area contributed by atoms with Gasteiger partial charge in [-0.2, -0.15) is 13.2 Å². The van der Waals surface area contributed by atoms with Crippen LogP contribution in [0.3, 0.4) is 0 Å². The van der Waals surface area contributed by atoms with Crippen molar-refractivity contribution < 1.29 is 13.2 Å². The van der Waals surface area contributed by atoms with E-state index in [0.717, 1.165) is 6.42 Å². The third kappa shape index (κ3) is 4.64. The van der Waals surface area contributed by atoms with Crippen molar-refractivity contribution in [1.82, 2.24) is 4.90 Å². The summed E-state index contributed by atoms with van der Waals surface area (Å²) in [6.07, 6.45) is -3.29. The molecular weight excluding hydrogens is 259 g/mol. The molecule has 0 heterocycles. The van der Waals surface area contributed by atoms with E-state index in [4.69, 9.17) is 0 Å². The van der Waals surface area contributed by atoms with Crippen LogP contribution < -0.4 is 0 Å². The van der Waals surface area contributed by atoms with Crippen molar-refractivity contribution in [2.24, 2.45) is 0 Å². The molecule has 0 aliphatic rings. The zero-order valence-electron chi connectivity index (χ0n) is 8.74. The Balaban J connectivity index is 4.18. The molecule has 0 N–H and O–H groups in total. The van der Waals surface area contributed by atoms with Crippen LogP contribution in [0.15, 0.2) is 0 Å². The lowest BCUT2D eigenvalue weighted by molar-refractivity contribution is -0.131. The molecule has 0 fully saturated rings. The van der Waals surface area contributed by atoms with Crippen LogP contribution in [0.1, 0.15) is 27.2 Å². The highest BCUT2D eigenvalue weighted by molar-refractivity contribution is 9.09. The second kappa shape index (κ2) is 5.95. The van der Waals surface area contributed by atoms with Gasteiger partial charge in [0.25, 0.3) is 0 Å². The lowest BCUT2D eigenvalue weighted by Crippen LogP contribution is -2.41. The molecule has 0 aromatic carbocycles. The molecule has 5 heteroatoms. The Labute approximate surface area is 91.8 Å². The molecule has 0 saturated heterocycles. The highest BCUT2D eigenvalue weighted by Crippen LogP contribution is 2.27. The van der Waals surface area contributed by atoms with Gasteiger partial charge in [-0.15, -0.1) is 0 Å². The molecule has 2 atom stereocenters. The molecule has 0 saturated carbocycles. The fourth-order valence-electron chi connectivity index (χ4n) is 1.19. The maximum absolute atomic E-state index is 12.2. The van der Waals surface area contributed by atoms with Gasteiger partial charge in [0.15, 0.2) is 0 Å². The number of alkyl halides is 4. The van der Waals surface area contributed by atoms with Crippen LogP contribution in [0, 0.1) is 0 Å². The van der Waals surface area contributed by atoms with Gasteiger partial charge < -0.3 is 0 Å². The Morgan fingerprint density at radius 1 is 1.29 bits per heavy atom. The van der Waals surface area contributed by atoms with Gasteiger partial charge in [-0.3, -0.25) is 4.90 Å². The first kappa shape index (κ1) is 14.2. The van der Waals surface area contributed by atoms with Crippen LogP contribution in [0.4, 0.5) is 13.2 Å². The van der Waals surface area contributed by atoms with E-state index in [1.54, 1.807) is 0 Å². The molecule has 0 aromatic rings. The molecule has 0 rings (SSSR count). The minimum Gasteiger partial charge on any atom is -0.299 e. The Morgan fingerprint density at radius 2 is 1.79 bits per heavy atom. The maximum Gasteiger partial charge on any atom is 0.402 e. The van der Waals surface area contributed by atoms with Crippen molar-refractivity contribution in [2.75, 3.05) is 13.1 Å². The summed E-state index contributed by atoms with van der Waals surface area (Å²) in [5, 5.41) is 0. The van der Waals surface area contributed by atoms with Gasteiger partial charge in [0, 0.05) is 12.6 Å². The van der Waals surface area contributed by atoms with E-state index in [0.29, 0.717) is 6.54 Å². The molecule has 86 valence electrons. The summed E-state index contributed by atoms with van der Waals surface area (Å²) < 4.78 is 36.7. The largest absolute Gasteiger partial charge is 0.402 e. The molecule has 0 amide bonds. The molecular formula is C9H17BrF3N. The number of halogens is 4. The number of rotatable bonds is 5. The van der Waals surface area contributed by atoms with Gasteiger partial charge >= 0.3 is 6.18 Å². The molecule has 0 aliphatic heterocycles. The van der Waals surface area contributed by atoms with Crippen molar-refractivity contribution in [3.05, 3.63) is 0 Å². The van der Waals surface area contributed by atoms with E-state index in [9.17, 15) is 13.2 Å². The van der Waals surface area contributed by atoms with Crippen LogP contribution >= 0.6 is 15.9 Å². The van der Waals surface area contributed by atoms with E-state index in [1.807, 2.05) is 25.7 Å². The van der Waals surface area contributed by atoms with E-state index in [1.165, 1.54) is 0 Å². The predicted molar refractivity (Wildman–Crippen MR) is 55.8 cm³/mol. The Hall–Kier alpha value is 0.230. The minimum atomic E-state index is -4.15. The normalized spacial score (nSPS) is 17.1. The van der Waals surface area contributed by atoms with E-state index in [2.05, 4.69) is 15.9 Å². The Kier molecular flexibility index (Phi) is 6.05. The number of hydrogen-bond donors (Lipinski definition) is 0. The fraction of sp³-hybridized carbons (Fsp3) is 1.00. The highest BCUT2D eigenvalue weighted by Gasteiger charge is 2.38. The van der Waals surface area contributed by atoms with Gasteiger partial charge in [-0.25, -0.2) is 0 Å². The summed E-state index contributed by atoms with van der Waals surface area (Å²) >= 11 is 2.67. The zero-order chi connectivity index (χ0) is 11.4. The lowest BCUT2D eigenvalue weighted by atomic mass is 10.2. The summed E-state index contributed by atoms with van der Waals surface area (Å²) in [7, 11) is 0. The predicted octanol–water partition coefficient (Wildman–Crippen LogP) is 3.43. The summed E-state index contributed by atoms with van der Waals surface area (Å²) in [6, 6.07) is 0.197. The number of hydrogen-bond acceptors (Lipinski definition) is 1. The fourth-order valence-corrected chi connectivity index (χ4v) is 1.56. The van der Waals surface area contributed by atoms with Crippen LogP contribution in [0.5, 0.6) is 0 Å². The van der Waals surface area contributed by atoms with Gasteiger partial charge in [0.05, 0.1) is 0 Å². The van der Waals surface area contributed by atoms with Gasteiger partial charge in [-0.1, -0.05) is 29.8 Å². The smallest absolute Gasteiger partial charge is 0.299 e. The summed E-state index contributed by atoms with van der Waals surface area (Å²) in [5.74, 6) is 0. The van der Waals surface area contributed by atoms with Crippen LogP contribution in [-0.4, -0.2) is 35.0 Å². The second-order valence-electron chi connectivity index (χ2n) is 3.35. The molecule has 2 unspecified atom stereocenters. The topological polar surface area (TPSA) is 3.24 Å². The average Bonchev–Trinajstić information content (AvgIpc) is 2.10. The minimum absolute atomic E-state index is 0.0228. The first-order chi connectivity index (χ1) is 6.32. The highest BCUT2D eigenvalue weighted by atomic mass is 79.9. The van der Waals surface area contributed by atoms with Gasteiger partial charge in [0.1, 0.15) is 4.83 Å². The van der Waals surface area contributed by atoms with Crippen LogP contribution in [-0.2, 0) is 0 Å². The van der Waals surface area contributed by atoms with E-state index >= 15 is 0 Å². The monoisotopic (exact) mass is 275 g/mol. The Morgan fingerprint density at radius 3 is 2.07 bits per heavy atom. The summed E-state index contributed by atoms with van der Waals surface area (Å²) in [5.41, 5.74) is 0. The summed E-state index contributed by atoms with van der Waals surface area (Å²) in [4.78, 5) is 0.399. The zero-order valence-corrected chi connectivity index (χ0v) is 10.3. The third-order valence-corrected chi connectivity index (χ3v) is 3.18. The van der Waals surface area contributed by atoms with Crippen molar-refractivity contribution in [1.29, 1.82) is 0 Å². The first-order valence-corrected chi connectivity index (χ1v) is 5.69. The average molecular weight is 276 g/mol. The number of nitrogens with zero attached hydrogens (tertiary/aromatic N) is 1. The molecule has 0 bridgehead atoms. The second-order valence-corrected chi connectivity index (χ2v) is 4.46. The van der Waals surface area contributed by atoms with Gasteiger partial charge in [-0.05, 0) is 19.9 Å². The van der Waals surface area contributed by atoms with Crippen molar-refractivity contribution in [3.8, 4) is 0 Å². The van der Waals surface area contributed by atoms with Crippen molar-refractivity contribution >= 4 is 15.9 Å². The van der Waals surface area contributed by atoms with Gasteiger partial charge in [0.2, 0.25) is 0 Å². The molecule has 0 spiro atoms. The van der Waals surface area contributed by atoms with Crippen molar-refractivity contribution in [3.63, 3.8) is 0 Å². The molecule has 0 radical (unpaired) electrons. The maximum atomic E-state index is 12.2. The Bertz CT molecular complexity index is 161. The molecule has 0 aromatic heterocycles.